The monoisotopic (exact) mass is 220 g/mol. The number of hydrogen-bond acceptors (Lipinski definition) is 2. The van der Waals surface area contributed by atoms with Crippen LogP contribution in [0.4, 0.5) is 0 Å². The van der Waals surface area contributed by atoms with Crippen LogP contribution >= 0.6 is 11.8 Å². The van der Waals surface area contributed by atoms with Gasteiger partial charge < -0.3 is 5.73 Å². The molecule has 1 aromatic carbocycles. The Morgan fingerprint density at radius 1 is 1.40 bits per heavy atom. The molecule has 0 aliphatic heterocycles. The molecule has 1 fully saturated rings. The number of nitrogens with two attached hydrogens (primary N) is 1. The first-order chi connectivity index (χ1) is 7.29. The topological polar surface area (TPSA) is 38.4 Å². The lowest BCUT2D eigenvalue weighted by molar-refractivity contribution is 1.06. The van der Waals surface area contributed by atoms with Crippen molar-refractivity contribution in [2.45, 2.75) is 30.7 Å². The fraction of sp³-hybridized carbons (Fsp3) is 0.417. The van der Waals surface area contributed by atoms with Crippen molar-refractivity contribution in [2.75, 3.05) is 5.75 Å². The highest BCUT2D eigenvalue weighted by molar-refractivity contribution is 7.99. The van der Waals surface area contributed by atoms with Crippen LogP contribution in [0, 0.1) is 0 Å². The smallest absolute Gasteiger partial charge is 0.125 e. The van der Waals surface area contributed by atoms with E-state index in [4.69, 9.17) is 5.73 Å². The summed E-state index contributed by atoms with van der Waals surface area (Å²) in [6, 6.07) is 8.82. The first kappa shape index (κ1) is 10.6. The maximum absolute atomic E-state index is 5.90. The van der Waals surface area contributed by atoms with Gasteiger partial charge in [-0.15, -0.1) is 11.8 Å². The van der Waals surface area contributed by atoms with E-state index in [1.807, 2.05) is 11.8 Å². The van der Waals surface area contributed by atoms with Crippen LogP contribution in [0.5, 0.6) is 0 Å². The molecule has 0 spiro atoms. The minimum atomic E-state index is 0.495. The van der Waals surface area contributed by atoms with E-state index in [2.05, 4.69) is 36.2 Å². The molecule has 0 unspecified atom stereocenters. The van der Waals surface area contributed by atoms with Crippen molar-refractivity contribution in [2.24, 2.45) is 10.7 Å². The fourth-order valence-corrected chi connectivity index (χ4v) is 2.03. The Labute approximate surface area is 95.0 Å². The third kappa shape index (κ3) is 2.99. The van der Waals surface area contributed by atoms with E-state index < -0.39 is 0 Å². The van der Waals surface area contributed by atoms with Gasteiger partial charge in [0.25, 0.3) is 0 Å². The molecule has 3 heteroatoms. The van der Waals surface area contributed by atoms with Crippen LogP contribution in [0.3, 0.4) is 0 Å². The average molecular weight is 220 g/mol. The largest absolute Gasteiger partial charge is 0.383 e. The lowest BCUT2D eigenvalue weighted by Gasteiger charge is -2.02. The van der Waals surface area contributed by atoms with E-state index in [0.29, 0.717) is 11.9 Å². The van der Waals surface area contributed by atoms with Crippen molar-refractivity contribution in [3.8, 4) is 0 Å². The average Bonchev–Trinajstić information content (AvgIpc) is 3.03. The van der Waals surface area contributed by atoms with Gasteiger partial charge in [-0.1, -0.05) is 19.1 Å². The van der Waals surface area contributed by atoms with Gasteiger partial charge in [-0.2, -0.15) is 0 Å². The second kappa shape index (κ2) is 4.71. The summed E-state index contributed by atoms with van der Waals surface area (Å²) in [5.41, 5.74) is 6.95. The Kier molecular flexibility index (Phi) is 3.31. The van der Waals surface area contributed by atoms with Crippen molar-refractivity contribution in [3.05, 3.63) is 29.8 Å². The molecule has 0 atom stereocenters. The molecule has 0 saturated heterocycles. The standard InChI is InChI=1S/C12H16N2S/c1-2-15-11-7-3-9(4-8-11)12(13)14-10-5-6-10/h3-4,7-8,10H,2,5-6H2,1H3,(H2,13,14). The molecule has 2 nitrogen and oxygen atoms in total. The van der Waals surface area contributed by atoms with Crippen molar-refractivity contribution in [3.63, 3.8) is 0 Å². The Morgan fingerprint density at radius 2 is 2.07 bits per heavy atom. The van der Waals surface area contributed by atoms with Gasteiger partial charge >= 0.3 is 0 Å². The van der Waals surface area contributed by atoms with Gasteiger partial charge in [-0.25, -0.2) is 0 Å². The van der Waals surface area contributed by atoms with Gasteiger partial charge in [-0.3, -0.25) is 4.99 Å². The second-order valence-electron chi connectivity index (χ2n) is 3.70. The number of aliphatic imine (C=N–C) groups is 1. The normalized spacial score (nSPS) is 16.7. The SMILES string of the molecule is CCSc1ccc(C(N)=NC2CC2)cc1. The summed E-state index contributed by atoms with van der Waals surface area (Å²) in [7, 11) is 0. The number of thioether (sulfide) groups is 1. The van der Waals surface area contributed by atoms with E-state index in [9.17, 15) is 0 Å². The van der Waals surface area contributed by atoms with Gasteiger partial charge in [0.05, 0.1) is 6.04 Å². The molecule has 0 heterocycles. The van der Waals surface area contributed by atoms with Crippen molar-refractivity contribution >= 4 is 17.6 Å². The summed E-state index contributed by atoms with van der Waals surface area (Å²) in [6.07, 6.45) is 2.40. The van der Waals surface area contributed by atoms with Gasteiger partial charge in [0.2, 0.25) is 0 Å². The molecule has 15 heavy (non-hydrogen) atoms. The van der Waals surface area contributed by atoms with Crippen LogP contribution in [0.1, 0.15) is 25.3 Å². The summed E-state index contributed by atoms with van der Waals surface area (Å²) in [5, 5.41) is 0. The third-order valence-corrected chi connectivity index (χ3v) is 3.22. The van der Waals surface area contributed by atoms with Crippen molar-refractivity contribution in [1.29, 1.82) is 0 Å². The number of rotatable bonds is 4. The van der Waals surface area contributed by atoms with E-state index >= 15 is 0 Å². The minimum absolute atomic E-state index is 0.495. The lowest BCUT2D eigenvalue weighted by atomic mass is 10.2. The molecule has 1 saturated carbocycles. The van der Waals surface area contributed by atoms with E-state index in [1.54, 1.807) is 0 Å². The number of nitrogens with zero attached hydrogens (tertiary/aromatic N) is 1. The van der Waals surface area contributed by atoms with Crippen molar-refractivity contribution < 1.29 is 0 Å². The molecule has 80 valence electrons. The molecule has 0 amide bonds. The van der Waals surface area contributed by atoms with E-state index in [0.717, 1.165) is 11.3 Å². The van der Waals surface area contributed by atoms with Gasteiger partial charge in [-0.05, 0) is 30.7 Å². The first-order valence-electron chi connectivity index (χ1n) is 5.36. The number of hydrogen-bond donors (Lipinski definition) is 1. The number of benzene rings is 1. The van der Waals surface area contributed by atoms with E-state index in [-0.39, 0.29) is 0 Å². The number of amidine groups is 1. The van der Waals surface area contributed by atoms with Gasteiger partial charge in [0, 0.05) is 10.5 Å². The quantitative estimate of drug-likeness (QED) is 0.481. The first-order valence-corrected chi connectivity index (χ1v) is 6.34. The molecule has 1 aliphatic carbocycles. The van der Waals surface area contributed by atoms with Crippen LogP contribution in [0.2, 0.25) is 0 Å². The molecule has 1 aliphatic rings. The zero-order valence-corrected chi connectivity index (χ0v) is 9.76. The Hall–Kier alpha value is -0.960. The minimum Gasteiger partial charge on any atom is -0.383 e. The Morgan fingerprint density at radius 3 is 2.60 bits per heavy atom. The highest BCUT2D eigenvalue weighted by Crippen LogP contribution is 2.24. The predicted octanol–water partition coefficient (Wildman–Crippen LogP) is 2.67. The van der Waals surface area contributed by atoms with Crippen LogP contribution < -0.4 is 5.73 Å². The highest BCUT2D eigenvalue weighted by atomic mass is 32.2. The fourth-order valence-electron chi connectivity index (χ4n) is 1.36. The molecule has 2 rings (SSSR count). The van der Waals surface area contributed by atoms with Crippen molar-refractivity contribution in [1.82, 2.24) is 0 Å². The molecular formula is C12H16N2S. The summed E-state index contributed by atoms with van der Waals surface area (Å²) >= 11 is 1.84. The predicted molar refractivity (Wildman–Crippen MR) is 66.6 cm³/mol. The lowest BCUT2D eigenvalue weighted by Crippen LogP contribution is -2.13. The highest BCUT2D eigenvalue weighted by Gasteiger charge is 2.20. The second-order valence-corrected chi connectivity index (χ2v) is 5.04. The molecule has 0 bridgehead atoms. The molecule has 0 aromatic heterocycles. The van der Waals surface area contributed by atoms with Crippen LogP contribution in [0.15, 0.2) is 34.2 Å². The van der Waals surface area contributed by atoms with Crippen LogP contribution in [-0.2, 0) is 0 Å². The summed E-state index contributed by atoms with van der Waals surface area (Å²) in [4.78, 5) is 5.71. The Balaban J connectivity index is 2.08. The Bertz CT molecular complexity index is 352. The molecule has 0 radical (unpaired) electrons. The molecule has 1 aromatic rings. The van der Waals surface area contributed by atoms with E-state index in [1.165, 1.54) is 17.7 Å². The van der Waals surface area contributed by atoms with Gasteiger partial charge in [0.1, 0.15) is 5.84 Å². The zero-order chi connectivity index (χ0) is 10.7. The molecular weight excluding hydrogens is 204 g/mol. The summed E-state index contributed by atoms with van der Waals surface area (Å²) in [5.74, 6) is 1.79. The van der Waals surface area contributed by atoms with Crippen LogP contribution in [0.25, 0.3) is 0 Å². The van der Waals surface area contributed by atoms with Gasteiger partial charge in [0.15, 0.2) is 0 Å². The molecule has 2 N–H and O–H groups in total. The maximum atomic E-state index is 5.90. The maximum Gasteiger partial charge on any atom is 0.125 e. The summed E-state index contributed by atoms with van der Waals surface area (Å²) in [6.45, 7) is 2.15. The zero-order valence-electron chi connectivity index (χ0n) is 8.94. The third-order valence-electron chi connectivity index (χ3n) is 2.33. The van der Waals surface area contributed by atoms with Crippen LogP contribution in [-0.4, -0.2) is 17.6 Å². The summed E-state index contributed by atoms with van der Waals surface area (Å²) < 4.78 is 0.